The van der Waals surface area contributed by atoms with Crippen molar-refractivity contribution in [2.75, 3.05) is 7.11 Å². The first-order valence-electron chi connectivity index (χ1n) is 4.34. The molecule has 0 radical (unpaired) electrons. The van der Waals surface area contributed by atoms with Gasteiger partial charge in [-0.05, 0) is 12.5 Å². The number of hydrogen-bond donors (Lipinski definition) is 2. The highest BCUT2D eigenvalue weighted by Crippen LogP contribution is 2.28. The van der Waals surface area contributed by atoms with E-state index in [0.717, 1.165) is 0 Å². The molecule has 0 saturated carbocycles. The van der Waals surface area contributed by atoms with E-state index in [4.69, 9.17) is 9.84 Å². The van der Waals surface area contributed by atoms with Crippen LogP contribution in [0.5, 0.6) is 11.5 Å². The second-order valence-electron chi connectivity index (χ2n) is 2.97. The third-order valence-corrected chi connectivity index (χ3v) is 2.01. The Kier molecular flexibility index (Phi) is 3.33. The van der Waals surface area contributed by atoms with Gasteiger partial charge in [-0.2, -0.15) is 0 Å². The molecule has 0 bridgehead atoms. The fourth-order valence-corrected chi connectivity index (χ4v) is 1.30. The van der Waals surface area contributed by atoms with Crippen molar-refractivity contribution in [3.05, 3.63) is 35.9 Å². The molecule has 0 amide bonds. The van der Waals surface area contributed by atoms with E-state index >= 15 is 0 Å². The summed E-state index contributed by atoms with van der Waals surface area (Å²) in [6.45, 7) is 3.50. The van der Waals surface area contributed by atoms with Gasteiger partial charge in [-0.25, -0.2) is 4.79 Å². The lowest BCUT2D eigenvalue weighted by atomic mass is 10.0. The molecule has 1 aromatic rings. The molecule has 15 heavy (non-hydrogen) atoms. The number of benzene rings is 1. The average molecular weight is 208 g/mol. The predicted octanol–water partition coefficient (Wildman–Crippen LogP) is 1.83. The smallest absolute Gasteiger partial charge is 0.336 e. The van der Waals surface area contributed by atoms with E-state index in [1.54, 1.807) is 0 Å². The molecule has 0 atom stereocenters. The van der Waals surface area contributed by atoms with Gasteiger partial charge in [0.15, 0.2) is 0 Å². The summed E-state index contributed by atoms with van der Waals surface area (Å²) >= 11 is 0. The van der Waals surface area contributed by atoms with Crippen molar-refractivity contribution in [2.24, 2.45) is 0 Å². The van der Waals surface area contributed by atoms with Crippen molar-refractivity contribution in [3.8, 4) is 11.5 Å². The summed E-state index contributed by atoms with van der Waals surface area (Å²) in [5, 5.41) is 18.5. The Morgan fingerprint density at radius 3 is 2.73 bits per heavy atom. The molecule has 1 rings (SSSR count). The van der Waals surface area contributed by atoms with Gasteiger partial charge in [-0.15, -0.1) is 6.58 Å². The van der Waals surface area contributed by atoms with Crippen molar-refractivity contribution < 1.29 is 19.7 Å². The lowest BCUT2D eigenvalue weighted by Crippen LogP contribution is -2.03. The molecule has 0 aliphatic heterocycles. The SMILES string of the molecule is C=CCc1c(O)cc(OC)cc1C(=O)O. The maximum atomic E-state index is 10.9. The Morgan fingerprint density at radius 2 is 2.27 bits per heavy atom. The fraction of sp³-hybridized carbons (Fsp3) is 0.182. The summed E-state index contributed by atoms with van der Waals surface area (Å²) in [5.41, 5.74) is 0.380. The molecule has 4 heteroatoms. The molecule has 0 fully saturated rings. The van der Waals surface area contributed by atoms with E-state index in [2.05, 4.69) is 6.58 Å². The number of methoxy groups -OCH3 is 1. The Bertz CT molecular complexity index is 396. The second kappa shape index (κ2) is 4.50. The number of ether oxygens (including phenoxy) is 1. The van der Waals surface area contributed by atoms with Crippen LogP contribution in [0.1, 0.15) is 15.9 Å². The Labute approximate surface area is 87.4 Å². The van der Waals surface area contributed by atoms with Crippen molar-refractivity contribution in [2.45, 2.75) is 6.42 Å². The zero-order valence-electron chi connectivity index (χ0n) is 8.36. The highest BCUT2D eigenvalue weighted by molar-refractivity contribution is 5.91. The van der Waals surface area contributed by atoms with Crippen LogP contribution in [0.15, 0.2) is 24.8 Å². The largest absolute Gasteiger partial charge is 0.507 e. The minimum Gasteiger partial charge on any atom is -0.507 e. The number of carbonyl (C=O) groups is 1. The monoisotopic (exact) mass is 208 g/mol. The van der Waals surface area contributed by atoms with Crippen LogP contribution >= 0.6 is 0 Å². The van der Waals surface area contributed by atoms with Gasteiger partial charge in [-0.3, -0.25) is 0 Å². The predicted molar refractivity (Wildman–Crippen MR) is 55.5 cm³/mol. The number of aromatic hydroxyl groups is 1. The van der Waals surface area contributed by atoms with Gasteiger partial charge < -0.3 is 14.9 Å². The molecule has 1 aromatic carbocycles. The maximum absolute atomic E-state index is 10.9. The number of phenolic OH excluding ortho intramolecular Hbond substituents is 1. The van der Waals surface area contributed by atoms with E-state index in [-0.39, 0.29) is 11.3 Å². The van der Waals surface area contributed by atoms with Crippen molar-refractivity contribution in [1.82, 2.24) is 0 Å². The summed E-state index contributed by atoms with van der Waals surface area (Å²) in [4.78, 5) is 10.9. The van der Waals surface area contributed by atoms with Crippen LogP contribution in [-0.2, 0) is 6.42 Å². The molecule has 2 N–H and O–H groups in total. The van der Waals surface area contributed by atoms with Gasteiger partial charge in [0.1, 0.15) is 11.5 Å². The summed E-state index contributed by atoms with van der Waals surface area (Å²) in [7, 11) is 1.41. The van der Waals surface area contributed by atoms with E-state index < -0.39 is 5.97 Å². The summed E-state index contributed by atoms with van der Waals surface area (Å²) in [5.74, 6) is -0.870. The average Bonchev–Trinajstić information content (AvgIpc) is 2.20. The van der Waals surface area contributed by atoms with Crippen LogP contribution in [0.4, 0.5) is 0 Å². The summed E-state index contributed by atoms with van der Waals surface area (Å²) < 4.78 is 4.87. The number of carboxylic acids is 1. The lowest BCUT2D eigenvalue weighted by molar-refractivity contribution is 0.0695. The van der Waals surface area contributed by atoms with E-state index in [0.29, 0.717) is 17.7 Å². The lowest BCUT2D eigenvalue weighted by Gasteiger charge is -2.09. The standard InChI is InChI=1S/C11H12O4/c1-3-4-8-9(11(13)14)5-7(15-2)6-10(8)12/h3,5-6,12H,1,4H2,2H3,(H,13,14). The first-order valence-corrected chi connectivity index (χ1v) is 4.34. The highest BCUT2D eigenvalue weighted by atomic mass is 16.5. The molecule has 0 aliphatic carbocycles. The molecule has 0 unspecified atom stereocenters. The minimum atomic E-state index is -1.10. The third kappa shape index (κ3) is 2.28. The van der Waals surface area contributed by atoms with Crippen LogP contribution in [0.25, 0.3) is 0 Å². The fourth-order valence-electron chi connectivity index (χ4n) is 1.30. The quantitative estimate of drug-likeness (QED) is 0.741. The van der Waals surface area contributed by atoms with Gasteiger partial charge in [0.25, 0.3) is 0 Å². The van der Waals surface area contributed by atoms with Gasteiger partial charge in [0.2, 0.25) is 0 Å². The minimum absolute atomic E-state index is 0.0340. The zero-order valence-corrected chi connectivity index (χ0v) is 8.36. The molecular weight excluding hydrogens is 196 g/mol. The molecule has 0 aliphatic rings. The zero-order chi connectivity index (χ0) is 11.4. The molecule has 0 saturated heterocycles. The number of hydrogen-bond acceptors (Lipinski definition) is 3. The highest BCUT2D eigenvalue weighted by Gasteiger charge is 2.15. The number of aromatic carboxylic acids is 1. The molecule has 80 valence electrons. The number of allylic oxidation sites excluding steroid dienone is 1. The van der Waals surface area contributed by atoms with E-state index in [1.165, 1.54) is 25.3 Å². The molecule has 0 aromatic heterocycles. The van der Waals surface area contributed by atoms with Crippen molar-refractivity contribution in [3.63, 3.8) is 0 Å². The Balaban J connectivity index is 3.34. The van der Waals surface area contributed by atoms with Crippen LogP contribution in [-0.4, -0.2) is 23.3 Å². The first-order chi connectivity index (χ1) is 7.10. The van der Waals surface area contributed by atoms with Crippen LogP contribution in [0.2, 0.25) is 0 Å². The second-order valence-corrected chi connectivity index (χ2v) is 2.97. The van der Waals surface area contributed by atoms with Crippen molar-refractivity contribution in [1.29, 1.82) is 0 Å². The van der Waals surface area contributed by atoms with Gasteiger partial charge in [-0.1, -0.05) is 6.08 Å². The normalized spacial score (nSPS) is 9.67. The Morgan fingerprint density at radius 1 is 1.60 bits per heavy atom. The number of rotatable bonds is 4. The van der Waals surface area contributed by atoms with E-state index in [9.17, 15) is 9.90 Å². The van der Waals surface area contributed by atoms with Crippen LogP contribution in [0, 0.1) is 0 Å². The number of phenols is 1. The first kappa shape index (κ1) is 11.1. The van der Waals surface area contributed by atoms with Crippen molar-refractivity contribution >= 4 is 5.97 Å². The maximum Gasteiger partial charge on any atom is 0.336 e. The Hall–Kier alpha value is -1.97. The van der Waals surface area contributed by atoms with Crippen LogP contribution in [0.3, 0.4) is 0 Å². The summed E-state index contributed by atoms with van der Waals surface area (Å²) in [6.07, 6.45) is 1.84. The number of carboxylic acid groups (broad SMARTS) is 1. The van der Waals surface area contributed by atoms with Crippen LogP contribution < -0.4 is 4.74 Å². The molecule has 4 nitrogen and oxygen atoms in total. The molecule has 0 heterocycles. The summed E-state index contributed by atoms with van der Waals surface area (Å²) in [6, 6.07) is 2.76. The third-order valence-electron chi connectivity index (χ3n) is 2.01. The van der Waals surface area contributed by atoms with Gasteiger partial charge in [0.05, 0.1) is 12.7 Å². The topological polar surface area (TPSA) is 66.8 Å². The molecule has 0 spiro atoms. The van der Waals surface area contributed by atoms with Gasteiger partial charge >= 0.3 is 5.97 Å². The van der Waals surface area contributed by atoms with E-state index in [1.807, 2.05) is 0 Å². The van der Waals surface area contributed by atoms with Gasteiger partial charge in [0, 0.05) is 11.6 Å². The molecular formula is C11H12O4.